The van der Waals surface area contributed by atoms with E-state index >= 15 is 0 Å². The highest BCUT2D eigenvalue weighted by Crippen LogP contribution is 2.11. The lowest BCUT2D eigenvalue weighted by atomic mass is 10.2. The first-order valence-electron chi connectivity index (χ1n) is 5.05. The molecule has 1 atom stereocenters. The SMILES string of the molecule is O=C(NC1CC=CC1)[C@@H]1CCCN1. The Bertz CT molecular complexity index is 211. The molecule has 3 nitrogen and oxygen atoms in total. The lowest BCUT2D eigenvalue weighted by Gasteiger charge is -2.15. The molecule has 3 heteroatoms. The summed E-state index contributed by atoms with van der Waals surface area (Å²) in [5, 5.41) is 6.25. The van der Waals surface area contributed by atoms with Gasteiger partial charge in [-0.25, -0.2) is 0 Å². The number of rotatable bonds is 2. The van der Waals surface area contributed by atoms with Crippen LogP contribution >= 0.6 is 0 Å². The second-order valence-electron chi connectivity index (χ2n) is 3.80. The monoisotopic (exact) mass is 180 g/mol. The molecule has 0 bridgehead atoms. The van der Waals surface area contributed by atoms with Crippen LogP contribution in [0.25, 0.3) is 0 Å². The van der Waals surface area contributed by atoms with Crippen LogP contribution in [0.15, 0.2) is 12.2 Å². The van der Waals surface area contributed by atoms with Gasteiger partial charge in [-0.2, -0.15) is 0 Å². The Morgan fingerprint density at radius 1 is 1.38 bits per heavy atom. The summed E-state index contributed by atoms with van der Waals surface area (Å²) in [6, 6.07) is 0.426. The van der Waals surface area contributed by atoms with Gasteiger partial charge in [-0.1, -0.05) is 12.2 Å². The summed E-state index contributed by atoms with van der Waals surface area (Å²) in [7, 11) is 0. The molecule has 0 aromatic rings. The second-order valence-corrected chi connectivity index (χ2v) is 3.80. The smallest absolute Gasteiger partial charge is 0.237 e. The number of amides is 1. The van der Waals surface area contributed by atoms with E-state index in [1.54, 1.807) is 0 Å². The zero-order valence-electron chi connectivity index (χ0n) is 7.75. The van der Waals surface area contributed by atoms with Gasteiger partial charge in [0.15, 0.2) is 0 Å². The summed E-state index contributed by atoms with van der Waals surface area (Å²) in [5.41, 5.74) is 0. The Morgan fingerprint density at radius 3 is 2.77 bits per heavy atom. The molecule has 72 valence electrons. The summed E-state index contributed by atoms with van der Waals surface area (Å²) in [6.07, 6.45) is 8.38. The van der Waals surface area contributed by atoms with Crippen molar-refractivity contribution in [2.45, 2.75) is 37.8 Å². The van der Waals surface area contributed by atoms with Gasteiger partial charge in [-0.3, -0.25) is 4.79 Å². The Balaban J connectivity index is 1.77. The van der Waals surface area contributed by atoms with Gasteiger partial charge in [0.05, 0.1) is 6.04 Å². The summed E-state index contributed by atoms with van der Waals surface area (Å²) in [5.74, 6) is 0.186. The van der Waals surface area contributed by atoms with Crippen molar-refractivity contribution < 1.29 is 4.79 Å². The van der Waals surface area contributed by atoms with Crippen molar-refractivity contribution in [2.24, 2.45) is 0 Å². The van der Waals surface area contributed by atoms with Crippen molar-refractivity contribution >= 4 is 5.91 Å². The Hall–Kier alpha value is -0.830. The molecule has 0 spiro atoms. The molecule has 13 heavy (non-hydrogen) atoms. The first kappa shape index (κ1) is 8.75. The minimum Gasteiger partial charge on any atom is -0.351 e. The molecule has 2 N–H and O–H groups in total. The first-order chi connectivity index (χ1) is 6.36. The van der Waals surface area contributed by atoms with Gasteiger partial charge in [0, 0.05) is 6.04 Å². The maximum Gasteiger partial charge on any atom is 0.237 e. The van der Waals surface area contributed by atoms with Crippen LogP contribution in [0, 0.1) is 0 Å². The van der Waals surface area contributed by atoms with Crippen LogP contribution in [0.1, 0.15) is 25.7 Å². The third-order valence-corrected chi connectivity index (χ3v) is 2.73. The van der Waals surface area contributed by atoms with Gasteiger partial charge >= 0.3 is 0 Å². The largest absolute Gasteiger partial charge is 0.351 e. The Kier molecular flexibility index (Phi) is 2.64. The Morgan fingerprint density at radius 2 is 2.15 bits per heavy atom. The fraction of sp³-hybridized carbons (Fsp3) is 0.700. The Labute approximate surface area is 78.6 Å². The van der Waals surface area contributed by atoms with E-state index in [4.69, 9.17) is 0 Å². The molecule has 1 aliphatic heterocycles. The average Bonchev–Trinajstić information content (AvgIpc) is 2.74. The fourth-order valence-corrected chi connectivity index (χ4v) is 1.95. The van der Waals surface area contributed by atoms with Crippen LogP contribution in [0.4, 0.5) is 0 Å². The summed E-state index contributed by atoms with van der Waals surface area (Å²) >= 11 is 0. The number of carbonyl (C=O) groups excluding carboxylic acids is 1. The molecule has 0 aromatic carbocycles. The zero-order chi connectivity index (χ0) is 9.10. The third-order valence-electron chi connectivity index (χ3n) is 2.73. The van der Waals surface area contributed by atoms with E-state index < -0.39 is 0 Å². The van der Waals surface area contributed by atoms with Crippen molar-refractivity contribution in [1.29, 1.82) is 0 Å². The third kappa shape index (κ3) is 2.10. The van der Waals surface area contributed by atoms with Crippen molar-refractivity contribution in [1.82, 2.24) is 10.6 Å². The first-order valence-corrected chi connectivity index (χ1v) is 5.05. The van der Waals surface area contributed by atoms with Crippen molar-refractivity contribution in [3.63, 3.8) is 0 Å². The normalized spacial score (nSPS) is 28.2. The van der Waals surface area contributed by atoms with Crippen molar-refractivity contribution in [3.05, 3.63) is 12.2 Å². The van der Waals surface area contributed by atoms with Crippen LogP contribution in [-0.4, -0.2) is 24.5 Å². The molecule has 0 radical (unpaired) electrons. The van der Waals surface area contributed by atoms with E-state index in [0.29, 0.717) is 6.04 Å². The predicted molar refractivity (Wildman–Crippen MR) is 51.3 cm³/mol. The molecular weight excluding hydrogens is 164 g/mol. The van der Waals surface area contributed by atoms with E-state index in [2.05, 4.69) is 22.8 Å². The predicted octanol–water partition coefficient (Wildman–Crippen LogP) is 0.573. The molecule has 1 amide bonds. The standard InChI is InChI=1S/C10H16N2O/c13-10(9-6-3-7-11-9)12-8-4-1-2-5-8/h1-2,8-9,11H,3-7H2,(H,12,13)/t9-/m0/s1. The van der Waals surface area contributed by atoms with E-state index in [-0.39, 0.29) is 11.9 Å². The van der Waals surface area contributed by atoms with Crippen molar-refractivity contribution in [3.8, 4) is 0 Å². The number of hydrogen-bond donors (Lipinski definition) is 2. The molecule has 1 aliphatic carbocycles. The molecule has 0 unspecified atom stereocenters. The molecule has 1 saturated heterocycles. The highest BCUT2D eigenvalue weighted by Gasteiger charge is 2.24. The topological polar surface area (TPSA) is 41.1 Å². The van der Waals surface area contributed by atoms with Crippen LogP contribution in [0.2, 0.25) is 0 Å². The maximum absolute atomic E-state index is 11.6. The van der Waals surface area contributed by atoms with Gasteiger partial charge in [-0.15, -0.1) is 0 Å². The maximum atomic E-state index is 11.6. The summed E-state index contributed by atoms with van der Waals surface area (Å²) in [6.45, 7) is 0.987. The molecule has 1 fully saturated rings. The number of hydrogen-bond acceptors (Lipinski definition) is 2. The zero-order valence-corrected chi connectivity index (χ0v) is 7.75. The van der Waals surface area contributed by atoms with Gasteiger partial charge in [0.1, 0.15) is 0 Å². The minimum absolute atomic E-state index is 0.0700. The lowest BCUT2D eigenvalue weighted by Crippen LogP contribution is -2.44. The highest BCUT2D eigenvalue weighted by molar-refractivity contribution is 5.82. The average molecular weight is 180 g/mol. The van der Waals surface area contributed by atoms with Gasteiger partial charge in [0.2, 0.25) is 5.91 Å². The quantitative estimate of drug-likeness (QED) is 0.610. The molecule has 2 aliphatic rings. The molecule has 1 heterocycles. The summed E-state index contributed by atoms with van der Waals surface area (Å²) < 4.78 is 0. The molecular formula is C10H16N2O. The highest BCUT2D eigenvalue weighted by atomic mass is 16.2. The number of nitrogens with one attached hydrogen (secondary N) is 2. The van der Waals surface area contributed by atoms with E-state index in [1.807, 2.05) is 0 Å². The number of carbonyl (C=O) groups is 1. The van der Waals surface area contributed by atoms with E-state index in [0.717, 1.165) is 32.2 Å². The van der Waals surface area contributed by atoms with Crippen LogP contribution in [0.3, 0.4) is 0 Å². The fourth-order valence-electron chi connectivity index (χ4n) is 1.95. The van der Waals surface area contributed by atoms with E-state index in [9.17, 15) is 4.79 Å². The van der Waals surface area contributed by atoms with E-state index in [1.165, 1.54) is 0 Å². The van der Waals surface area contributed by atoms with Crippen LogP contribution in [0.5, 0.6) is 0 Å². The summed E-state index contributed by atoms with van der Waals surface area (Å²) in [4.78, 5) is 11.6. The van der Waals surface area contributed by atoms with Gasteiger partial charge in [-0.05, 0) is 32.2 Å². The van der Waals surface area contributed by atoms with Gasteiger partial charge < -0.3 is 10.6 Å². The van der Waals surface area contributed by atoms with Gasteiger partial charge in [0.25, 0.3) is 0 Å². The van der Waals surface area contributed by atoms with Crippen molar-refractivity contribution in [2.75, 3.05) is 6.54 Å². The second kappa shape index (κ2) is 3.92. The van der Waals surface area contributed by atoms with Crippen LogP contribution in [-0.2, 0) is 4.79 Å². The molecule has 0 saturated carbocycles. The molecule has 0 aromatic heterocycles. The molecule has 2 rings (SSSR count). The minimum atomic E-state index is 0.0700. The lowest BCUT2D eigenvalue weighted by molar-refractivity contribution is -0.123. The van der Waals surface area contributed by atoms with Crippen LogP contribution < -0.4 is 10.6 Å².